The first kappa shape index (κ1) is 20.2. The second kappa shape index (κ2) is 7.65. The minimum atomic E-state index is -0.323. The lowest BCUT2D eigenvalue weighted by molar-refractivity contribution is 0.188. The lowest BCUT2D eigenvalue weighted by atomic mass is 9.83. The van der Waals surface area contributed by atoms with Crippen LogP contribution in [0.25, 0.3) is 21.6 Å². The predicted octanol–water partition coefficient (Wildman–Crippen LogP) is 5.42. The SMILES string of the molecule is Cc1cc(-c2nnc(NCCC(C)O)s2)nc2c(C(C)(C)C)cc(C3CC3)cc12. The molecular formula is C23H30N4OS. The number of fused-ring (bicyclic) bond motifs is 1. The molecule has 1 aliphatic rings. The zero-order chi connectivity index (χ0) is 20.8. The molecule has 154 valence electrons. The van der Waals surface area contributed by atoms with Gasteiger partial charge in [0.15, 0.2) is 5.01 Å². The van der Waals surface area contributed by atoms with Gasteiger partial charge in [0.2, 0.25) is 5.13 Å². The molecule has 1 unspecified atom stereocenters. The average Bonchev–Trinajstić information content (AvgIpc) is 3.38. The molecule has 2 heterocycles. The van der Waals surface area contributed by atoms with E-state index in [9.17, 15) is 5.11 Å². The van der Waals surface area contributed by atoms with Crippen molar-refractivity contribution in [2.24, 2.45) is 0 Å². The molecule has 0 spiro atoms. The maximum atomic E-state index is 9.41. The highest BCUT2D eigenvalue weighted by Gasteiger charge is 2.28. The molecule has 0 bridgehead atoms. The van der Waals surface area contributed by atoms with Crippen LogP contribution in [0.15, 0.2) is 18.2 Å². The van der Waals surface area contributed by atoms with E-state index < -0.39 is 0 Å². The first-order valence-corrected chi connectivity index (χ1v) is 11.3. The number of nitrogens with zero attached hydrogens (tertiary/aromatic N) is 3. The summed E-state index contributed by atoms with van der Waals surface area (Å²) in [6, 6.07) is 6.85. The van der Waals surface area contributed by atoms with Gasteiger partial charge in [-0.2, -0.15) is 0 Å². The van der Waals surface area contributed by atoms with Crippen LogP contribution in [-0.2, 0) is 5.41 Å². The van der Waals surface area contributed by atoms with Gasteiger partial charge in [-0.25, -0.2) is 4.98 Å². The highest BCUT2D eigenvalue weighted by molar-refractivity contribution is 7.18. The number of nitrogens with one attached hydrogen (secondary N) is 1. The number of rotatable bonds is 6. The molecule has 0 radical (unpaired) electrons. The van der Waals surface area contributed by atoms with E-state index in [0.717, 1.165) is 27.3 Å². The summed E-state index contributed by atoms with van der Waals surface area (Å²) in [4.78, 5) is 5.06. The van der Waals surface area contributed by atoms with Crippen LogP contribution in [0.1, 0.15) is 69.6 Å². The molecule has 2 N–H and O–H groups in total. The summed E-state index contributed by atoms with van der Waals surface area (Å²) >= 11 is 1.51. The van der Waals surface area contributed by atoms with Crippen LogP contribution in [0.5, 0.6) is 0 Å². The average molecular weight is 411 g/mol. The largest absolute Gasteiger partial charge is 0.393 e. The lowest BCUT2D eigenvalue weighted by Gasteiger charge is -2.23. The van der Waals surface area contributed by atoms with E-state index >= 15 is 0 Å². The Bertz CT molecular complexity index is 1030. The molecule has 1 aromatic carbocycles. The fourth-order valence-electron chi connectivity index (χ4n) is 3.63. The Morgan fingerprint density at radius 3 is 2.62 bits per heavy atom. The second-order valence-corrected chi connectivity index (χ2v) is 10.3. The highest BCUT2D eigenvalue weighted by atomic mass is 32.1. The summed E-state index contributed by atoms with van der Waals surface area (Å²) in [6.07, 6.45) is 2.96. The van der Waals surface area contributed by atoms with E-state index in [1.165, 1.54) is 46.3 Å². The van der Waals surface area contributed by atoms with Crippen molar-refractivity contribution in [3.05, 3.63) is 34.9 Å². The number of pyridine rings is 1. The topological polar surface area (TPSA) is 70.9 Å². The summed E-state index contributed by atoms with van der Waals surface area (Å²) in [5.74, 6) is 0.720. The number of anilines is 1. The number of aliphatic hydroxyl groups excluding tert-OH is 1. The monoisotopic (exact) mass is 410 g/mol. The number of aryl methyl sites for hydroxylation is 1. The fraction of sp³-hybridized carbons (Fsp3) is 0.522. The fourth-order valence-corrected chi connectivity index (χ4v) is 4.36. The third-order valence-corrected chi connectivity index (χ3v) is 6.39. The van der Waals surface area contributed by atoms with Crippen molar-refractivity contribution in [1.82, 2.24) is 15.2 Å². The quantitative estimate of drug-likeness (QED) is 0.568. The highest BCUT2D eigenvalue weighted by Crippen LogP contribution is 2.44. The molecule has 4 rings (SSSR count). The number of hydrogen-bond donors (Lipinski definition) is 2. The number of aliphatic hydroxyl groups is 1. The van der Waals surface area contributed by atoms with E-state index in [2.05, 4.69) is 61.4 Å². The molecular weight excluding hydrogens is 380 g/mol. The summed E-state index contributed by atoms with van der Waals surface area (Å²) in [7, 11) is 0. The van der Waals surface area contributed by atoms with Crippen LogP contribution in [0.3, 0.4) is 0 Å². The van der Waals surface area contributed by atoms with Gasteiger partial charge < -0.3 is 10.4 Å². The van der Waals surface area contributed by atoms with Crippen LogP contribution in [0, 0.1) is 6.92 Å². The number of benzene rings is 1. The molecule has 1 atom stereocenters. The Morgan fingerprint density at radius 1 is 1.21 bits per heavy atom. The van der Waals surface area contributed by atoms with Gasteiger partial charge in [-0.3, -0.25) is 0 Å². The Balaban J connectivity index is 1.73. The van der Waals surface area contributed by atoms with Crippen molar-refractivity contribution in [2.45, 2.75) is 71.3 Å². The lowest BCUT2D eigenvalue weighted by Crippen LogP contribution is -2.13. The van der Waals surface area contributed by atoms with Crippen LogP contribution >= 0.6 is 11.3 Å². The van der Waals surface area contributed by atoms with Crippen LogP contribution in [0.2, 0.25) is 0 Å². The second-order valence-electron chi connectivity index (χ2n) is 9.29. The third kappa shape index (κ3) is 4.43. The molecule has 6 heteroatoms. The van der Waals surface area contributed by atoms with Gasteiger partial charge >= 0.3 is 0 Å². The minimum Gasteiger partial charge on any atom is -0.393 e. The molecule has 2 aromatic heterocycles. The molecule has 5 nitrogen and oxygen atoms in total. The molecule has 0 saturated heterocycles. The Kier molecular flexibility index (Phi) is 5.34. The van der Waals surface area contributed by atoms with Gasteiger partial charge in [-0.05, 0) is 73.3 Å². The predicted molar refractivity (Wildman–Crippen MR) is 121 cm³/mol. The van der Waals surface area contributed by atoms with Crippen molar-refractivity contribution in [2.75, 3.05) is 11.9 Å². The van der Waals surface area contributed by atoms with Crippen LogP contribution in [0.4, 0.5) is 5.13 Å². The van der Waals surface area contributed by atoms with Crippen LogP contribution < -0.4 is 5.32 Å². The molecule has 0 aliphatic heterocycles. The summed E-state index contributed by atoms with van der Waals surface area (Å²) in [6.45, 7) is 11.4. The van der Waals surface area contributed by atoms with Crippen molar-refractivity contribution in [3.63, 3.8) is 0 Å². The van der Waals surface area contributed by atoms with Gasteiger partial charge in [-0.15, -0.1) is 10.2 Å². The molecule has 1 fully saturated rings. The van der Waals surface area contributed by atoms with E-state index in [4.69, 9.17) is 4.98 Å². The first-order valence-electron chi connectivity index (χ1n) is 10.4. The summed E-state index contributed by atoms with van der Waals surface area (Å²) in [5, 5.41) is 24.1. The van der Waals surface area contributed by atoms with Gasteiger partial charge in [0, 0.05) is 11.9 Å². The normalized spacial score (nSPS) is 15.7. The third-order valence-electron chi connectivity index (χ3n) is 5.48. The number of hydrogen-bond acceptors (Lipinski definition) is 6. The Morgan fingerprint density at radius 2 is 1.97 bits per heavy atom. The summed E-state index contributed by atoms with van der Waals surface area (Å²) < 4.78 is 0. The van der Waals surface area contributed by atoms with Gasteiger partial charge in [-0.1, -0.05) is 38.2 Å². The molecule has 1 saturated carbocycles. The minimum absolute atomic E-state index is 0.0239. The van der Waals surface area contributed by atoms with Gasteiger partial charge in [0.1, 0.15) is 5.69 Å². The van der Waals surface area contributed by atoms with Crippen molar-refractivity contribution >= 4 is 27.4 Å². The van der Waals surface area contributed by atoms with Crippen LogP contribution in [-0.4, -0.2) is 32.9 Å². The van der Waals surface area contributed by atoms with E-state index in [0.29, 0.717) is 13.0 Å². The van der Waals surface area contributed by atoms with Crippen molar-refractivity contribution in [3.8, 4) is 10.7 Å². The maximum Gasteiger partial charge on any atom is 0.206 e. The Hall–Kier alpha value is -2.05. The van der Waals surface area contributed by atoms with E-state index in [-0.39, 0.29) is 11.5 Å². The van der Waals surface area contributed by atoms with Crippen molar-refractivity contribution in [1.29, 1.82) is 0 Å². The Labute approximate surface area is 176 Å². The van der Waals surface area contributed by atoms with Gasteiger partial charge in [0.25, 0.3) is 0 Å². The van der Waals surface area contributed by atoms with E-state index in [1.54, 1.807) is 6.92 Å². The standard InChI is InChI=1S/C23H30N4OS/c1-13-10-19(21-26-27-22(29-21)24-9-8-14(2)28)25-20-17(13)11-16(15-6-7-15)12-18(20)23(3,4)5/h10-12,14-15,28H,6-9H2,1-5H3,(H,24,27). The zero-order valence-electron chi connectivity index (χ0n) is 17.9. The molecule has 3 aromatic rings. The zero-order valence-corrected chi connectivity index (χ0v) is 18.7. The smallest absolute Gasteiger partial charge is 0.206 e. The number of aromatic nitrogens is 3. The molecule has 1 aliphatic carbocycles. The summed E-state index contributed by atoms with van der Waals surface area (Å²) in [5.41, 5.74) is 5.98. The molecule has 0 amide bonds. The first-order chi connectivity index (χ1) is 13.7. The van der Waals surface area contributed by atoms with E-state index in [1.807, 2.05) is 0 Å². The van der Waals surface area contributed by atoms with Crippen molar-refractivity contribution < 1.29 is 5.11 Å². The molecule has 29 heavy (non-hydrogen) atoms. The maximum absolute atomic E-state index is 9.41. The van der Waals surface area contributed by atoms with Gasteiger partial charge in [0.05, 0.1) is 11.6 Å².